The van der Waals surface area contributed by atoms with Crippen LogP contribution in [0.5, 0.6) is 0 Å². The fourth-order valence-corrected chi connectivity index (χ4v) is 9.73. The molecule has 3 aliphatic carbocycles. The molecule has 1 N–H and O–H groups in total. The number of imide groups is 1. The summed E-state index contributed by atoms with van der Waals surface area (Å²) in [7, 11) is 1.52. The number of carbonyl (C=O) groups is 4. The van der Waals surface area contributed by atoms with Crippen LogP contribution in [0.25, 0.3) is 0 Å². The lowest BCUT2D eigenvalue weighted by molar-refractivity contribution is -0.234. The van der Waals surface area contributed by atoms with Crippen molar-refractivity contribution in [2.45, 2.75) is 96.5 Å². The average molecular weight is 593 g/mol. The van der Waals surface area contributed by atoms with Gasteiger partial charge in [0.1, 0.15) is 17.8 Å². The van der Waals surface area contributed by atoms with Gasteiger partial charge in [-0.1, -0.05) is 50.6 Å². The van der Waals surface area contributed by atoms with Gasteiger partial charge in [0.15, 0.2) is 5.78 Å². The number of rotatable bonds is 4. The number of hydrogen-bond acceptors (Lipinski definition) is 7. The van der Waals surface area contributed by atoms with Gasteiger partial charge in [0.05, 0.1) is 5.69 Å². The van der Waals surface area contributed by atoms with Gasteiger partial charge in [0.25, 0.3) is 0 Å². The second-order valence-electron chi connectivity index (χ2n) is 13.8. The van der Waals surface area contributed by atoms with E-state index in [2.05, 4.69) is 13.0 Å². The van der Waals surface area contributed by atoms with Crippen molar-refractivity contribution in [1.29, 1.82) is 0 Å². The average Bonchev–Trinajstić information content (AvgIpc) is 3.07. The van der Waals surface area contributed by atoms with Crippen LogP contribution in [0.2, 0.25) is 0 Å². The zero-order chi connectivity index (χ0) is 30.9. The molecule has 2 bridgehead atoms. The minimum Gasteiger partial charge on any atom is -0.462 e. The number of para-hydroxylation sites is 1. The first-order chi connectivity index (χ1) is 20.4. The molecular formula is C34H44N2O7. The number of aliphatic hydroxyl groups is 1. The molecule has 2 aliphatic heterocycles. The summed E-state index contributed by atoms with van der Waals surface area (Å²) in [6.07, 6.45) is 4.66. The van der Waals surface area contributed by atoms with E-state index in [4.69, 9.17) is 9.47 Å². The summed E-state index contributed by atoms with van der Waals surface area (Å²) in [5.41, 5.74) is -1.95. The predicted octanol–water partition coefficient (Wildman–Crippen LogP) is 4.66. The quantitative estimate of drug-likeness (QED) is 0.400. The van der Waals surface area contributed by atoms with Gasteiger partial charge < -0.3 is 19.5 Å². The number of Topliss-reactive ketones (excluding diaryl/α,β-unsaturated/α-hetero) is 1. The van der Waals surface area contributed by atoms with Crippen molar-refractivity contribution in [3.8, 4) is 0 Å². The van der Waals surface area contributed by atoms with Crippen LogP contribution < -0.4 is 4.90 Å². The number of ketones is 1. The van der Waals surface area contributed by atoms with E-state index >= 15 is 0 Å². The fraction of sp³-hybridized carbons (Fsp3) is 0.647. The molecule has 9 heteroatoms. The molecule has 2 heterocycles. The Balaban J connectivity index is 1.43. The summed E-state index contributed by atoms with van der Waals surface area (Å²) < 4.78 is 11.8. The minimum atomic E-state index is -1.74. The number of carbonyl (C=O) groups excluding carboxylic acids is 4. The monoisotopic (exact) mass is 592 g/mol. The summed E-state index contributed by atoms with van der Waals surface area (Å²) >= 11 is 0. The maximum atomic E-state index is 14.1. The number of amides is 3. The third-order valence-corrected chi connectivity index (χ3v) is 12.2. The van der Waals surface area contributed by atoms with Gasteiger partial charge in [-0.2, -0.15) is 0 Å². The van der Waals surface area contributed by atoms with Crippen LogP contribution in [0, 0.1) is 28.6 Å². The summed E-state index contributed by atoms with van der Waals surface area (Å²) in [4.78, 5) is 57.0. The van der Waals surface area contributed by atoms with Crippen molar-refractivity contribution in [2.24, 2.45) is 28.6 Å². The highest BCUT2D eigenvalue weighted by Crippen LogP contribution is 2.71. The molecule has 3 amide bonds. The lowest BCUT2D eigenvalue weighted by atomic mass is 9.46. The lowest BCUT2D eigenvalue weighted by Crippen LogP contribution is -2.69. The molecule has 6 rings (SSSR count). The Hall–Kier alpha value is -3.04. The first kappa shape index (κ1) is 30.0. The van der Waals surface area contributed by atoms with E-state index in [1.54, 1.807) is 12.1 Å². The third-order valence-electron chi connectivity index (χ3n) is 12.2. The number of urea groups is 1. The number of ether oxygens (including phenoxy) is 2. The van der Waals surface area contributed by atoms with Crippen LogP contribution in [0.15, 0.2) is 42.0 Å². The van der Waals surface area contributed by atoms with E-state index in [9.17, 15) is 24.3 Å². The molecule has 2 unspecified atom stereocenters. The maximum absolute atomic E-state index is 14.1. The summed E-state index contributed by atoms with van der Waals surface area (Å²) in [5.74, 6) is -1.37. The van der Waals surface area contributed by atoms with Crippen molar-refractivity contribution < 1.29 is 33.8 Å². The molecule has 5 aliphatic rings. The lowest BCUT2D eigenvalue weighted by Gasteiger charge is -2.60. The van der Waals surface area contributed by atoms with Crippen molar-refractivity contribution in [3.63, 3.8) is 0 Å². The zero-order valence-corrected chi connectivity index (χ0v) is 25.9. The van der Waals surface area contributed by atoms with Crippen molar-refractivity contribution >= 4 is 29.4 Å². The molecule has 0 spiro atoms. The molecule has 1 saturated heterocycles. The molecule has 0 radical (unpaired) electrons. The Morgan fingerprint density at radius 2 is 1.81 bits per heavy atom. The molecule has 9 atom stereocenters. The Morgan fingerprint density at radius 3 is 2.49 bits per heavy atom. The number of hydrogen-bond donors (Lipinski definition) is 1. The van der Waals surface area contributed by atoms with E-state index in [1.807, 2.05) is 36.9 Å². The second kappa shape index (κ2) is 10.5. The summed E-state index contributed by atoms with van der Waals surface area (Å²) in [6, 6.07) is 8.48. The zero-order valence-electron chi connectivity index (χ0n) is 25.9. The standard InChI is InChI=1S/C34H44N2O7/c1-20-14-15-33-18-27(42-5)30(39)34(33,41)32(20,4)28(43-22(3)37)17-26(21(33)2)23-10-9-13-25-16-29(38)36(31(40)35(25)19-23)24-11-7-6-8-12-24/h6-8,10-12,20-21,25-28,41H,9,13-19H2,1-5H3/t20?,21-,25?,26+,27-,28+,32-,33-,34+/m0/s1. The summed E-state index contributed by atoms with van der Waals surface area (Å²) in [6.45, 7) is 7.81. The number of fused-ring (bicyclic) bond motifs is 1. The van der Waals surface area contributed by atoms with Crippen LogP contribution in [-0.4, -0.2) is 71.2 Å². The summed E-state index contributed by atoms with van der Waals surface area (Å²) in [5, 5.41) is 12.9. The SMILES string of the molecule is CO[C@H]1C[C@@]23CCC(C)[C@@](C)([C@H](OC(C)=O)C[C@@H](C4=CCCC5CC(=O)N(c6ccccc6)C(=O)N5C4)[C@@H]2C)[C@]3(O)C1=O. The number of anilines is 1. The predicted molar refractivity (Wildman–Crippen MR) is 159 cm³/mol. The van der Waals surface area contributed by atoms with Crippen LogP contribution in [0.1, 0.15) is 72.6 Å². The Bertz CT molecular complexity index is 1360. The van der Waals surface area contributed by atoms with Crippen LogP contribution in [0.4, 0.5) is 10.5 Å². The number of esters is 1. The van der Waals surface area contributed by atoms with Gasteiger partial charge in [-0.05, 0) is 68.4 Å². The highest BCUT2D eigenvalue weighted by atomic mass is 16.5. The highest BCUT2D eigenvalue weighted by molar-refractivity contribution is 6.16. The molecule has 232 valence electrons. The molecule has 0 aromatic heterocycles. The molecule has 1 aromatic carbocycles. The Morgan fingerprint density at radius 1 is 1.09 bits per heavy atom. The molecule has 1 aromatic rings. The molecule has 43 heavy (non-hydrogen) atoms. The van der Waals surface area contributed by atoms with Crippen molar-refractivity contribution in [2.75, 3.05) is 18.6 Å². The number of allylic oxidation sites excluding steroid dienone is 1. The molecule has 4 fully saturated rings. The third kappa shape index (κ3) is 4.10. The minimum absolute atomic E-state index is 0.0814. The van der Waals surface area contributed by atoms with E-state index in [0.29, 0.717) is 44.3 Å². The smallest absolute Gasteiger partial charge is 0.331 e. The number of benzene rings is 1. The first-order valence-corrected chi connectivity index (χ1v) is 15.7. The van der Waals surface area contributed by atoms with Crippen LogP contribution in [-0.2, 0) is 23.9 Å². The van der Waals surface area contributed by atoms with Crippen molar-refractivity contribution in [1.82, 2.24) is 4.90 Å². The van der Waals surface area contributed by atoms with Crippen LogP contribution in [0.3, 0.4) is 0 Å². The first-order valence-electron chi connectivity index (χ1n) is 15.7. The van der Waals surface area contributed by atoms with Gasteiger partial charge in [0, 0.05) is 43.9 Å². The molecular weight excluding hydrogens is 548 g/mol. The van der Waals surface area contributed by atoms with Gasteiger partial charge in [-0.3, -0.25) is 14.4 Å². The largest absolute Gasteiger partial charge is 0.462 e. The van der Waals surface area contributed by atoms with Gasteiger partial charge in [-0.15, -0.1) is 0 Å². The number of nitrogens with zero attached hydrogens (tertiary/aromatic N) is 2. The Labute approximate surface area is 253 Å². The van der Waals surface area contributed by atoms with E-state index in [1.165, 1.54) is 18.9 Å². The number of methoxy groups -OCH3 is 1. The van der Waals surface area contributed by atoms with Gasteiger partial charge in [-0.25, -0.2) is 9.69 Å². The van der Waals surface area contributed by atoms with E-state index in [0.717, 1.165) is 12.0 Å². The van der Waals surface area contributed by atoms with Gasteiger partial charge >= 0.3 is 12.0 Å². The van der Waals surface area contributed by atoms with Crippen molar-refractivity contribution in [3.05, 3.63) is 42.0 Å². The fourth-order valence-electron chi connectivity index (χ4n) is 9.73. The van der Waals surface area contributed by atoms with E-state index < -0.39 is 34.6 Å². The second-order valence-corrected chi connectivity index (χ2v) is 13.8. The van der Waals surface area contributed by atoms with E-state index in [-0.39, 0.29) is 47.9 Å². The maximum Gasteiger partial charge on any atom is 0.331 e. The molecule has 3 saturated carbocycles. The molecule has 9 nitrogen and oxygen atoms in total. The normalized spacial score (nSPS) is 41.2. The highest BCUT2D eigenvalue weighted by Gasteiger charge is 2.78. The Kier molecular flexibility index (Phi) is 7.36. The van der Waals surface area contributed by atoms with Crippen LogP contribution >= 0.6 is 0 Å². The topological polar surface area (TPSA) is 113 Å². The van der Waals surface area contributed by atoms with Gasteiger partial charge in [0.2, 0.25) is 5.91 Å².